The molecule has 0 N–H and O–H groups in total. The van der Waals surface area contributed by atoms with E-state index in [1.165, 1.54) is 4.90 Å². The Morgan fingerprint density at radius 1 is 1.16 bits per heavy atom. The minimum atomic E-state index is -0.317. The standard InChI is InChI=1S/C19H16BrNO3S/c1-2-10-24-16-9-8-14(20)11-13(16)12-17-18(22)21(19(23)25-17)15-6-4-3-5-7-15/h3-9,11-12H,2,10H2,1H3/b17-12-. The Labute approximate surface area is 159 Å². The van der Waals surface area contributed by atoms with Crippen LogP contribution in [0.1, 0.15) is 18.9 Å². The second kappa shape index (κ2) is 7.89. The number of anilines is 1. The average Bonchev–Trinajstić information content (AvgIpc) is 2.88. The Hall–Kier alpha value is -2.05. The number of carbonyl (C=O) groups excluding carboxylic acids is 2. The summed E-state index contributed by atoms with van der Waals surface area (Å²) in [6.07, 6.45) is 2.60. The van der Waals surface area contributed by atoms with Crippen LogP contribution in [0.5, 0.6) is 5.75 Å². The summed E-state index contributed by atoms with van der Waals surface area (Å²) in [6, 6.07) is 14.5. The van der Waals surface area contributed by atoms with Gasteiger partial charge in [-0.3, -0.25) is 9.59 Å². The van der Waals surface area contributed by atoms with Crippen molar-refractivity contribution < 1.29 is 14.3 Å². The predicted octanol–water partition coefficient (Wildman–Crippen LogP) is 5.48. The molecule has 3 rings (SSSR count). The molecule has 2 aromatic carbocycles. The molecule has 2 amide bonds. The molecule has 2 aromatic rings. The van der Waals surface area contributed by atoms with Gasteiger partial charge in [0.2, 0.25) is 0 Å². The lowest BCUT2D eigenvalue weighted by atomic mass is 10.2. The quantitative estimate of drug-likeness (QED) is 0.604. The smallest absolute Gasteiger partial charge is 0.298 e. The van der Waals surface area contributed by atoms with E-state index in [2.05, 4.69) is 15.9 Å². The zero-order valence-corrected chi connectivity index (χ0v) is 16.0. The maximum atomic E-state index is 12.7. The van der Waals surface area contributed by atoms with Gasteiger partial charge < -0.3 is 4.74 Å². The Morgan fingerprint density at radius 2 is 1.92 bits per heavy atom. The van der Waals surface area contributed by atoms with Gasteiger partial charge >= 0.3 is 0 Å². The molecule has 0 spiro atoms. The fourth-order valence-electron chi connectivity index (χ4n) is 2.38. The summed E-state index contributed by atoms with van der Waals surface area (Å²) in [5.74, 6) is 0.374. The van der Waals surface area contributed by atoms with Crippen molar-refractivity contribution in [3.05, 3.63) is 63.5 Å². The lowest BCUT2D eigenvalue weighted by Crippen LogP contribution is -2.27. The maximum Gasteiger partial charge on any atom is 0.298 e. The first-order valence-electron chi connectivity index (χ1n) is 7.85. The molecule has 0 radical (unpaired) electrons. The minimum Gasteiger partial charge on any atom is -0.493 e. The van der Waals surface area contributed by atoms with Crippen LogP contribution in [0.3, 0.4) is 0 Å². The largest absolute Gasteiger partial charge is 0.493 e. The summed E-state index contributed by atoms with van der Waals surface area (Å²) in [5.41, 5.74) is 1.34. The highest BCUT2D eigenvalue weighted by Gasteiger charge is 2.36. The Kier molecular flexibility index (Phi) is 5.60. The molecule has 0 unspecified atom stereocenters. The number of hydrogen-bond donors (Lipinski definition) is 0. The average molecular weight is 418 g/mol. The summed E-state index contributed by atoms with van der Waals surface area (Å²) in [5, 5.41) is -0.298. The van der Waals surface area contributed by atoms with E-state index in [9.17, 15) is 9.59 Å². The van der Waals surface area contributed by atoms with Crippen molar-refractivity contribution in [1.29, 1.82) is 0 Å². The van der Waals surface area contributed by atoms with Gasteiger partial charge in [0.05, 0.1) is 17.2 Å². The number of nitrogens with zero attached hydrogens (tertiary/aromatic N) is 1. The third-order valence-corrected chi connectivity index (χ3v) is 4.89. The highest BCUT2D eigenvalue weighted by molar-refractivity contribution is 9.10. The molecule has 0 aromatic heterocycles. The van der Waals surface area contributed by atoms with E-state index in [1.807, 2.05) is 31.2 Å². The lowest BCUT2D eigenvalue weighted by molar-refractivity contribution is -0.113. The second-order valence-corrected chi connectivity index (χ2v) is 7.29. The fraction of sp³-hybridized carbons (Fsp3) is 0.158. The van der Waals surface area contributed by atoms with Crippen molar-refractivity contribution in [2.75, 3.05) is 11.5 Å². The monoisotopic (exact) mass is 417 g/mol. The Balaban J connectivity index is 1.94. The van der Waals surface area contributed by atoms with Crippen molar-refractivity contribution in [2.24, 2.45) is 0 Å². The number of thioether (sulfide) groups is 1. The molecular formula is C19H16BrNO3S. The minimum absolute atomic E-state index is 0.298. The van der Waals surface area contributed by atoms with Crippen LogP contribution in [0, 0.1) is 0 Å². The van der Waals surface area contributed by atoms with E-state index >= 15 is 0 Å². The van der Waals surface area contributed by atoms with Gasteiger partial charge in [0.15, 0.2) is 0 Å². The zero-order valence-electron chi connectivity index (χ0n) is 13.6. The van der Waals surface area contributed by atoms with Crippen LogP contribution in [0.2, 0.25) is 0 Å². The zero-order chi connectivity index (χ0) is 17.8. The van der Waals surface area contributed by atoms with Gasteiger partial charge in [-0.2, -0.15) is 0 Å². The number of benzene rings is 2. The number of para-hydroxylation sites is 1. The van der Waals surface area contributed by atoms with E-state index in [1.54, 1.807) is 30.3 Å². The summed E-state index contributed by atoms with van der Waals surface area (Å²) in [4.78, 5) is 26.6. The van der Waals surface area contributed by atoms with Crippen molar-refractivity contribution in [3.63, 3.8) is 0 Å². The third kappa shape index (κ3) is 3.96. The predicted molar refractivity (Wildman–Crippen MR) is 105 cm³/mol. The van der Waals surface area contributed by atoms with Crippen molar-refractivity contribution in [2.45, 2.75) is 13.3 Å². The molecule has 25 heavy (non-hydrogen) atoms. The summed E-state index contributed by atoms with van der Waals surface area (Å²) < 4.78 is 6.62. The van der Waals surface area contributed by atoms with E-state index in [-0.39, 0.29) is 11.1 Å². The van der Waals surface area contributed by atoms with Crippen molar-refractivity contribution in [1.82, 2.24) is 0 Å². The van der Waals surface area contributed by atoms with Crippen LogP contribution in [0.25, 0.3) is 6.08 Å². The van der Waals surface area contributed by atoms with Crippen molar-refractivity contribution in [3.8, 4) is 5.75 Å². The van der Waals surface area contributed by atoms with E-state index < -0.39 is 0 Å². The van der Waals surface area contributed by atoms with Crippen LogP contribution in [-0.2, 0) is 4.79 Å². The number of imide groups is 1. The van der Waals surface area contributed by atoms with Gasteiger partial charge in [-0.05, 0) is 54.6 Å². The van der Waals surface area contributed by atoms with Gasteiger partial charge in [-0.25, -0.2) is 4.90 Å². The maximum absolute atomic E-state index is 12.7. The van der Waals surface area contributed by atoms with Crippen molar-refractivity contribution >= 4 is 50.6 Å². The van der Waals surface area contributed by atoms with Gasteiger partial charge in [0.1, 0.15) is 5.75 Å². The topological polar surface area (TPSA) is 46.6 Å². The summed E-state index contributed by atoms with van der Waals surface area (Å²) >= 11 is 4.37. The Morgan fingerprint density at radius 3 is 2.64 bits per heavy atom. The number of carbonyl (C=O) groups is 2. The van der Waals surface area contributed by atoms with Gasteiger partial charge in [-0.15, -0.1) is 0 Å². The van der Waals surface area contributed by atoms with Gasteiger partial charge in [-0.1, -0.05) is 41.1 Å². The summed E-state index contributed by atoms with van der Waals surface area (Å²) in [7, 11) is 0. The van der Waals surface area contributed by atoms with E-state index in [4.69, 9.17) is 4.74 Å². The number of ether oxygens (including phenoxy) is 1. The molecule has 6 heteroatoms. The number of rotatable bonds is 5. The first-order chi connectivity index (χ1) is 12.1. The highest BCUT2D eigenvalue weighted by Crippen LogP contribution is 2.37. The van der Waals surface area contributed by atoms with Gasteiger partial charge in [0.25, 0.3) is 11.1 Å². The molecule has 0 aliphatic carbocycles. The molecule has 1 aliphatic heterocycles. The van der Waals surface area contributed by atoms with Gasteiger partial charge in [0, 0.05) is 10.0 Å². The molecule has 0 atom stereocenters. The molecule has 4 nitrogen and oxygen atoms in total. The number of amides is 2. The molecule has 1 fully saturated rings. The summed E-state index contributed by atoms with van der Waals surface area (Å²) in [6.45, 7) is 2.62. The number of hydrogen-bond acceptors (Lipinski definition) is 4. The molecular weight excluding hydrogens is 402 g/mol. The van der Waals surface area contributed by atoms with Crippen LogP contribution >= 0.6 is 27.7 Å². The molecule has 0 bridgehead atoms. The first-order valence-corrected chi connectivity index (χ1v) is 9.46. The highest BCUT2D eigenvalue weighted by atomic mass is 79.9. The second-order valence-electron chi connectivity index (χ2n) is 5.38. The fourth-order valence-corrected chi connectivity index (χ4v) is 3.60. The molecule has 1 saturated heterocycles. The SMILES string of the molecule is CCCOc1ccc(Br)cc1/C=C1\SC(=O)N(c2ccccc2)C1=O. The molecule has 0 saturated carbocycles. The Bertz CT molecular complexity index is 836. The van der Waals surface area contributed by atoms with E-state index in [0.717, 1.165) is 28.2 Å². The first kappa shape index (κ1) is 17.8. The normalized spacial score (nSPS) is 15.9. The molecule has 128 valence electrons. The third-order valence-electron chi connectivity index (χ3n) is 3.53. The lowest BCUT2D eigenvalue weighted by Gasteiger charge is -2.12. The van der Waals surface area contributed by atoms with Crippen LogP contribution < -0.4 is 9.64 Å². The van der Waals surface area contributed by atoms with Crippen LogP contribution in [0.4, 0.5) is 10.5 Å². The van der Waals surface area contributed by atoms with E-state index in [0.29, 0.717) is 22.9 Å². The molecule has 1 aliphatic rings. The number of halogens is 1. The molecule has 1 heterocycles. The van der Waals surface area contributed by atoms with Crippen LogP contribution in [-0.4, -0.2) is 17.8 Å². The van der Waals surface area contributed by atoms with Crippen LogP contribution in [0.15, 0.2) is 57.9 Å².